The molecule has 0 atom stereocenters. The van der Waals surface area contributed by atoms with Crippen molar-refractivity contribution in [1.82, 2.24) is 5.32 Å². The molecule has 1 N–H and O–H groups in total. The van der Waals surface area contributed by atoms with Gasteiger partial charge in [-0.3, -0.25) is 4.79 Å². The third-order valence-electron chi connectivity index (χ3n) is 3.18. The second-order valence-corrected chi connectivity index (χ2v) is 5.53. The van der Waals surface area contributed by atoms with E-state index in [9.17, 15) is 4.79 Å². The Morgan fingerprint density at radius 2 is 1.83 bits per heavy atom. The first-order valence-corrected chi connectivity index (χ1v) is 7.89. The Bertz CT molecular complexity index is 673. The van der Waals surface area contributed by atoms with Gasteiger partial charge < -0.3 is 19.5 Å². The number of methoxy groups -OCH3 is 1. The summed E-state index contributed by atoms with van der Waals surface area (Å²) < 4.78 is 16.2. The van der Waals surface area contributed by atoms with E-state index in [1.165, 1.54) is 0 Å². The molecule has 0 unspecified atom stereocenters. The van der Waals surface area contributed by atoms with Crippen LogP contribution < -0.4 is 19.5 Å². The lowest BCUT2D eigenvalue weighted by atomic mass is 10.2. The molecule has 2 rings (SSSR count). The van der Waals surface area contributed by atoms with Gasteiger partial charge in [0, 0.05) is 5.02 Å². The van der Waals surface area contributed by atoms with Crippen LogP contribution in [0, 0.1) is 6.92 Å². The summed E-state index contributed by atoms with van der Waals surface area (Å²) in [6.07, 6.45) is 0. The monoisotopic (exact) mass is 349 g/mol. The lowest BCUT2D eigenvalue weighted by molar-refractivity contribution is -0.123. The molecule has 0 aliphatic carbocycles. The highest BCUT2D eigenvalue weighted by atomic mass is 35.5. The number of rotatable bonds is 8. The van der Waals surface area contributed by atoms with Crippen LogP contribution >= 0.6 is 11.6 Å². The van der Waals surface area contributed by atoms with Crippen LogP contribution in [-0.2, 0) is 4.79 Å². The maximum Gasteiger partial charge on any atom is 0.258 e. The molecule has 2 aromatic rings. The summed E-state index contributed by atoms with van der Waals surface area (Å²) in [5.41, 5.74) is 1.09. The van der Waals surface area contributed by atoms with Crippen molar-refractivity contribution in [2.24, 2.45) is 0 Å². The number of ether oxygens (including phenoxy) is 3. The Labute approximate surface area is 146 Å². The average Bonchev–Trinajstić information content (AvgIpc) is 2.59. The molecule has 0 aliphatic heterocycles. The minimum Gasteiger partial charge on any atom is -0.493 e. The van der Waals surface area contributed by atoms with E-state index in [0.717, 1.165) is 5.56 Å². The molecule has 24 heavy (non-hydrogen) atoms. The second-order valence-electron chi connectivity index (χ2n) is 5.10. The summed E-state index contributed by atoms with van der Waals surface area (Å²) in [7, 11) is 1.59. The van der Waals surface area contributed by atoms with Crippen LogP contribution in [0.1, 0.15) is 5.56 Å². The van der Waals surface area contributed by atoms with Gasteiger partial charge in [0.2, 0.25) is 0 Å². The van der Waals surface area contributed by atoms with Gasteiger partial charge in [-0.05, 0) is 48.9 Å². The highest BCUT2D eigenvalue weighted by molar-refractivity contribution is 6.30. The lowest BCUT2D eigenvalue weighted by Crippen LogP contribution is -2.32. The zero-order chi connectivity index (χ0) is 17.4. The molecule has 0 fully saturated rings. The van der Waals surface area contributed by atoms with E-state index in [0.29, 0.717) is 35.4 Å². The fourth-order valence-electron chi connectivity index (χ4n) is 1.98. The van der Waals surface area contributed by atoms with Crippen LogP contribution in [0.15, 0.2) is 42.5 Å². The van der Waals surface area contributed by atoms with Gasteiger partial charge in [-0.15, -0.1) is 0 Å². The number of carbonyl (C=O) groups excluding carboxylic acids is 1. The van der Waals surface area contributed by atoms with Gasteiger partial charge in [0.1, 0.15) is 12.4 Å². The van der Waals surface area contributed by atoms with Crippen molar-refractivity contribution in [2.45, 2.75) is 6.92 Å². The van der Waals surface area contributed by atoms with Gasteiger partial charge in [-0.1, -0.05) is 17.7 Å². The summed E-state index contributed by atoms with van der Waals surface area (Å²) in [6, 6.07) is 12.5. The predicted molar refractivity (Wildman–Crippen MR) is 93.2 cm³/mol. The second kappa shape index (κ2) is 9.03. The summed E-state index contributed by atoms with van der Waals surface area (Å²) in [5.74, 6) is 1.70. The van der Waals surface area contributed by atoms with Gasteiger partial charge in [-0.2, -0.15) is 0 Å². The van der Waals surface area contributed by atoms with E-state index in [2.05, 4.69) is 5.32 Å². The molecule has 6 heteroatoms. The molecule has 1 amide bonds. The maximum absolute atomic E-state index is 11.7. The third kappa shape index (κ3) is 5.66. The van der Waals surface area contributed by atoms with E-state index in [4.69, 9.17) is 25.8 Å². The quantitative estimate of drug-likeness (QED) is 0.743. The van der Waals surface area contributed by atoms with E-state index >= 15 is 0 Å². The number of amides is 1. The number of benzene rings is 2. The van der Waals surface area contributed by atoms with Crippen LogP contribution in [0.3, 0.4) is 0 Å². The predicted octanol–water partition coefficient (Wildman–Crippen LogP) is 3.23. The zero-order valence-corrected chi connectivity index (χ0v) is 14.4. The lowest BCUT2D eigenvalue weighted by Gasteiger charge is -2.12. The fraction of sp³-hybridized carbons (Fsp3) is 0.278. The smallest absolute Gasteiger partial charge is 0.258 e. The van der Waals surface area contributed by atoms with E-state index in [1.54, 1.807) is 31.4 Å². The largest absolute Gasteiger partial charge is 0.493 e. The number of halogens is 1. The Kier molecular flexibility index (Phi) is 6.75. The molecule has 0 radical (unpaired) electrons. The van der Waals surface area contributed by atoms with Crippen molar-refractivity contribution in [1.29, 1.82) is 0 Å². The van der Waals surface area contributed by atoms with Crippen molar-refractivity contribution >= 4 is 17.5 Å². The molecule has 2 aromatic carbocycles. The number of hydrogen-bond acceptors (Lipinski definition) is 4. The van der Waals surface area contributed by atoms with Crippen LogP contribution in [-0.4, -0.2) is 32.8 Å². The Morgan fingerprint density at radius 1 is 1.08 bits per heavy atom. The average molecular weight is 350 g/mol. The Morgan fingerprint density at radius 3 is 2.54 bits per heavy atom. The summed E-state index contributed by atoms with van der Waals surface area (Å²) >= 11 is 5.78. The van der Waals surface area contributed by atoms with Crippen molar-refractivity contribution < 1.29 is 19.0 Å². The van der Waals surface area contributed by atoms with Gasteiger partial charge in [0.05, 0.1) is 13.7 Å². The minimum atomic E-state index is -0.218. The highest BCUT2D eigenvalue weighted by Crippen LogP contribution is 2.27. The first kappa shape index (κ1) is 17.9. The minimum absolute atomic E-state index is 0.0600. The van der Waals surface area contributed by atoms with Crippen LogP contribution in [0.5, 0.6) is 17.2 Å². The molecule has 0 bridgehead atoms. The van der Waals surface area contributed by atoms with E-state index in [-0.39, 0.29) is 12.5 Å². The van der Waals surface area contributed by atoms with Crippen LogP contribution in [0.4, 0.5) is 0 Å². The zero-order valence-electron chi connectivity index (χ0n) is 13.7. The SMILES string of the molecule is COc1cc(C)ccc1OCCNC(=O)COc1ccc(Cl)cc1. The number of nitrogens with one attached hydrogen (secondary N) is 1. The fourth-order valence-corrected chi connectivity index (χ4v) is 2.10. The van der Waals surface area contributed by atoms with Crippen LogP contribution in [0.25, 0.3) is 0 Å². The molecule has 0 saturated carbocycles. The number of carbonyl (C=O) groups is 1. The van der Waals surface area contributed by atoms with Gasteiger partial charge >= 0.3 is 0 Å². The van der Waals surface area contributed by atoms with Crippen molar-refractivity contribution in [2.75, 3.05) is 26.9 Å². The van der Waals surface area contributed by atoms with E-state index in [1.807, 2.05) is 25.1 Å². The first-order valence-electron chi connectivity index (χ1n) is 7.51. The van der Waals surface area contributed by atoms with Gasteiger partial charge in [-0.25, -0.2) is 0 Å². The van der Waals surface area contributed by atoms with Crippen LogP contribution in [0.2, 0.25) is 5.02 Å². The molecule has 128 valence electrons. The van der Waals surface area contributed by atoms with Gasteiger partial charge in [0.15, 0.2) is 18.1 Å². The first-order chi connectivity index (χ1) is 11.6. The third-order valence-corrected chi connectivity index (χ3v) is 3.44. The molecular formula is C18H20ClNO4. The van der Waals surface area contributed by atoms with Crippen molar-refractivity contribution in [3.63, 3.8) is 0 Å². The Hall–Kier alpha value is -2.40. The molecule has 0 aliphatic rings. The molecule has 5 nitrogen and oxygen atoms in total. The molecular weight excluding hydrogens is 330 g/mol. The summed E-state index contributed by atoms with van der Waals surface area (Å²) in [5, 5.41) is 3.35. The maximum atomic E-state index is 11.7. The topological polar surface area (TPSA) is 56.8 Å². The summed E-state index contributed by atoms with van der Waals surface area (Å²) in [6.45, 7) is 2.63. The van der Waals surface area contributed by atoms with E-state index < -0.39 is 0 Å². The molecule has 0 aromatic heterocycles. The normalized spacial score (nSPS) is 10.1. The number of aryl methyl sites for hydroxylation is 1. The Balaban J connectivity index is 1.68. The van der Waals surface area contributed by atoms with Crippen molar-refractivity contribution in [3.05, 3.63) is 53.1 Å². The standard InChI is InChI=1S/C18H20ClNO4/c1-13-3-8-16(17(11-13)22-2)23-10-9-20-18(21)12-24-15-6-4-14(19)5-7-15/h3-8,11H,9-10,12H2,1-2H3,(H,20,21). The molecule has 0 spiro atoms. The molecule has 0 saturated heterocycles. The number of hydrogen-bond donors (Lipinski definition) is 1. The molecule has 0 heterocycles. The van der Waals surface area contributed by atoms with Gasteiger partial charge in [0.25, 0.3) is 5.91 Å². The summed E-state index contributed by atoms with van der Waals surface area (Å²) in [4.78, 5) is 11.7. The highest BCUT2D eigenvalue weighted by Gasteiger charge is 2.05. The van der Waals surface area contributed by atoms with Crippen molar-refractivity contribution in [3.8, 4) is 17.2 Å².